The van der Waals surface area contributed by atoms with Gasteiger partial charge >= 0.3 is 6.09 Å². The van der Waals surface area contributed by atoms with Gasteiger partial charge in [0.2, 0.25) is 0 Å². The maximum absolute atomic E-state index is 13.5. The Labute approximate surface area is 127 Å². The van der Waals surface area contributed by atoms with Gasteiger partial charge in [-0.25, -0.2) is 18.0 Å². The molecule has 0 aliphatic carbocycles. The fourth-order valence-corrected chi connectivity index (χ4v) is 2.04. The number of carbonyl (C=O) groups is 1. The van der Waals surface area contributed by atoms with Gasteiger partial charge in [-0.05, 0) is 26.8 Å². The van der Waals surface area contributed by atoms with Crippen LogP contribution in [0.5, 0.6) is 0 Å². The van der Waals surface area contributed by atoms with Crippen LogP contribution in [0.3, 0.4) is 0 Å². The smallest absolute Gasteiger partial charge is 0.410 e. The van der Waals surface area contributed by atoms with E-state index in [1.165, 1.54) is 4.90 Å². The van der Waals surface area contributed by atoms with Crippen LogP contribution in [0.25, 0.3) is 0 Å². The second kappa shape index (κ2) is 6.16. The van der Waals surface area contributed by atoms with Crippen molar-refractivity contribution in [2.75, 3.05) is 13.1 Å². The summed E-state index contributed by atoms with van der Waals surface area (Å²) in [6.07, 6.45) is -0.399. The number of hydrogen-bond acceptors (Lipinski definition) is 3. The number of rotatable bonds is 3. The van der Waals surface area contributed by atoms with Crippen molar-refractivity contribution in [1.29, 1.82) is 0 Å². The third kappa shape index (κ3) is 4.13. The molecule has 0 aromatic heterocycles. The molecule has 2 rings (SSSR count). The Balaban J connectivity index is 1.79. The van der Waals surface area contributed by atoms with Crippen molar-refractivity contribution in [3.05, 3.63) is 35.1 Å². The minimum Gasteiger partial charge on any atom is -0.444 e. The van der Waals surface area contributed by atoms with E-state index in [0.29, 0.717) is 19.2 Å². The number of halogens is 3. The predicted octanol–water partition coefficient (Wildman–Crippen LogP) is 2.81. The van der Waals surface area contributed by atoms with E-state index in [4.69, 9.17) is 4.74 Å². The summed E-state index contributed by atoms with van der Waals surface area (Å²) in [7, 11) is 0. The molecule has 1 aromatic rings. The van der Waals surface area contributed by atoms with Crippen molar-refractivity contribution in [2.45, 2.75) is 39.0 Å². The number of likely N-dealkylation sites (tertiary alicyclic amines) is 1. The van der Waals surface area contributed by atoms with Gasteiger partial charge in [0.1, 0.15) is 11.4 Å². The van der Waals surface area contributed by atoms with Crippen molar-refractivity contribution in [3.63, 3.8) is 0 Å². The van der Waals surface area contributed by atoms with Crippen LogP contribution in [0.4, 0.5) is 18.0 Å². The van der Waals surface area contributed by atoms with Crippen molar-refractivity contribution in [1.82, 2.24) is 10.2 Å². The maximum atomic E-state index is 13.5. The summed E-state index contributed by atoms with van der Waals surface area (Å²) in [5, 5.41) is 2.99. The molecule has 1 saturated heterocycles. The summed E-state index contributed by atoms with van der Waals surface area (Å²) in [6.45, 7) is 6.28. The normalized spacial score (nSPS) is 15.6. The highest BCUT2D eigenvalue weighted by Gasteiger charge is 2.33. The summed E-state index contributed by atoms with van der Waals surface area (Å²) in [4.78, 5) is 13.2. The summed E-state index contributed by atoms with van der Waals surface area (Å²) in [5.41, 5.74) is -0.501. The van der Waals surface area contributed by atoms with E-state index < -0.39 is 29.1 Å². The van der Waals surface area contributed by atoms with E-state index in [1.807, 2.05) is 0 Å². The Kier molecular flexibility index (Phi) is 4.65. The molecule has 1 aliphatic heterocycles. The first-order valence-electron chi connectivity index (χ1n) is 7.00. The molecule has 4 nitrogen and oxygen atoms in total. The largest absolute Gasteiger partial charge is 0.444 e. The fraction of sp³-hybridized carbons (Fsp3) is 0.533. The second-order valence-electron chi connectivity index (χ2n) is 6.32. The van der Waals surface area contributed by atoms with Crippen molar-refractivity contribution in [2.24, 2.45) is 0 Å². The number of benzene rings is 1. The number of nitrogens with one attached hydrogen (secondary N) is 1. The lowest BCUT2D eigenvalue weighted by Gasteiger charge is -2.40. The Bertz CT molecular complexity index is 567. The number of nitrogens with zero attached hydrogens (tertiary/aromatic N) is 1. The molecular weight excluding hydrogens is 297 g/mol. The maximum Gasteiger partial charge on any atom is 0.410 e. The Morgan fingerprint density at radius 3 is 2.41 bits per heavy atom. The summed E-state index contributed by atoms with van der Waals surface area (Å²) in [6, 6.07) is 1.34. The first-order chi connectivity index (χ1) is 10.2. The highest BCUT2D eigenvalue weighted by atomic mass is 19.2. The molecular formula is C15H19F3N2O2. The monoisotopic (exact) mass is 316 g/mol. The summed E-state index contributed by atoms with van der Waals surface area (Å²) >= 11 is 0. The fourth-order valence-electron chi connectivity index (χ4n) is 2.04. The van der Waals surface area contributed by atoms with E-state index in [-0.39, 0.29) is 18.2 Å². The van der Waals surface area contributed by atoms with E-state index in [0.717, 1.165) is 6.07 Å². The standard InChI is InChI=1S/C15H19F3N2O2/c1-15(2,3)22-14(21)20-7-10(8-20)19-6-9-4-12(17)13(18)5-11(9)16/h4-5,10,19H,6-8H2,1-3H3. The lowest BCUT2D eigenvalue weighted by Crippen LogP contribution is -2.60. The number of carbonyl (C=O) groups excluding carboxylic acids is 1. The summed E-state index contributed by atoms with van der Waals surface area (Å²) < 4.78 is 44.6. The van der Waals surface area contributed by atoms with Crippen LogP contribution in [0.2, 0.25) is 0 Å². The van der Waals surface area contributed by atoms with Gasteiger partial charge in [0, 0.05) is 37.3 Å². The van der Waals surface area contributed by atoms with Gasteiger partial charge in [0.05, 0.1) is 0 Å². The molecule has 0 spiro atoms. The molecule has 0 saturated carbocycles. The van der Waals surface area contributed by atoms with Gasteiger partial charge < -0.3 is 15.0 Å². The molecule has 1 aromatic carbocycles. The number of amides is 1. The van der Waals surface area contributed by atoms with Crippen molar-refractivity contribution >= 4 is 6.09 Å². The predicted molar refractivity (Wildman–Crippen MR) is 74.8 cm³/mol. The molecule has 1 heterocycles. The SMILES string of the molecule is CC(C)(C)OC(=O)N1CC(NCc2cc(F)c(F)cc2F)C1. The third-order valence-electron chi connectivity index (χ3n) is 3.20. The van der Waals surface area contributed by atoms with Crippen LogP contribution < -0.4 is 5.32 Å². The molecule has 1 fully saturated rings. The summed E-state index contributed by atoms with van der Waals surface area (Å²) in [5.74, 6) is -3.09. The third-order valence-corrected chi connectivity index (χ3v) is 3.20. The number of ether oxygens (including phenoxy) is 1. The highest BCUT2D eigenvalue weighted by molar-refractivity contribution is 5.69. The van der Waals surface area contributed by atoms with Crippen molar-refractivity contribution < 1.29 is 22.7 Å². The first-order valence-corrected chi connectivity index (χ1v) is 7.00. The van der Waals surface area contributed by atoms with Crippen LogP contribution in [-0.4, -0.2) is 35.7 Å². The molecule has 1 N–H and O–H groups in total. The highest BCUT2D eigenvalue weighted by Crippen LogP contribution is 2.17. The molecule has 7 heteroatoms. The Morgan fingerprint density at radius 2 is 1.82 bits per heavy atom. The second-order valence-corrected chi connectivity index (χ2v) is 6.32. The first kappa shape index (κ1) is 16.6. The van der Waals surface area contributed by atoms with Gasteiger partial charge in [-0.2, -0.15) is 0 Å². The zero-order valence-electron chi connectivity index (χ0n) is 12.8. The van der Waals surface area contributed by atoms with E-state index in [2.05, 4.69) is 5.32 Å². The van der Waals surface area contributed by atoms with Crippen LogP contribution >= 0.6 is 0 Å². The average molecular weight is 316 g/mol. The minimum absolute atomic E-state index is 0.0277. The zero-order valence-corrected chi connectivity index (χ0v) is 12.8. The molecule has 0 radical (unpaired) electrons. The van der Waals surface area contributed by atoms with Crippen LogP contribution in [0.1, 0.15) is 26.3 Å². The molecule has 0 bridgehead atoms. The quantitative estimate of drug-likeness (QED) is 0.872. The van der Waals surface area contributed by atoms with E-state index in [9.17, 15) is 18.0 Å². The molecule has 0 unspecified atom stereocenters. The van der Waals surface area contributed by atoms with Gasteiger partial charge in [-0.1, -0.05) is 0 Å². The van der Waals surface area contributed by atoms with Gasteiger partial charge in [-0.15, -0.1) is 0 Å². The van der Waals surface area contributed by atoms with Gasteiger partial charge in [0.25, 0.3) is 0 Å². The van der Waals surface area contributed by atoms with Gasteiger partial charge in [0.15, 0.2) is 11.6 Å². The van der Waals surface area contributed by atoms with Gasteiger partial charge in [-0.3, -0.25) is 0 Å². The lowest BCUT2D eigenvalue weighted by molar-refractivity contribution is 0.00515. The molecule has 122 valence electrons. The van der Waals surface area contributed by atoms with E-state index in [1.54, 1.807) is 20.8 Å². The van der Waals surface area contributed by atoms with Crippen molar-refractivity contribution in [3.8, 4) is 0 Å². The zero-order chi connectivity index (χ0) is 16.5. The average Bonchev–Trinajstić information content (AvgIpc) is 2.31. The topological polar surface area (TPSA) is 41.6 Å². The van der Waals surface area contributed by atoms with Crippen LogP contribution in [0.15, 0.2) is 12.1 Å². The molecule has 1 aliphatic rings. The van der Waals surface area contributed by atoms with Crippen LogP contribution in [0, 0.1) is 17.5 Å². The molecule has 0 atom stereocenters. The Morgan fingerprint density at radius 1 is 1.23 bits per heavy atom. The minimum atomic E-state index is -1.21. The van der Waals surface area contributed by atoms with E-state index >= 15 is 0 Å². The number of hydrogen-bond donors (Lipinski definition) is 1. The van der Waals surface area contributed by atoms with Crippen LogP contribution in [-0.2, 0) is 11.3 Å². The lowest BCUT2D eigenvalue weighted by atomic mass is 10.1. The molecule has 1 amide bonds. The molecule has 22 heavy (non-hydrogen) atoms. The Hall–Kier alpha value is -1.76.